The second-order valence-electron chi connectivity index (χ2n) is 8.66. The molecule has 2 aromatic heterocycles. The molecule has 0 aliphatic carbocycles. The van der Waals surface area contributed by atoms with Crippen molar-refractivity contribution in [2.45, 2.75) is 0 Å². The van der Waals surface area contributed by atoms with Crippen LogP contribution in [-0.2, 0) is 4.79 Å². The number of nitrogens with zero attached hydrogens (tertiary/aromatic N) is 3. The van der Waals surface area contributed by atoms with Gasteiger partial charge >= 0.3 is 0 Å². The quantitative estimate of drug-likeness (QED) is 0.315. The summed E-state index contributed by atoms with van der Waals surface area (Å²) in [5, 5.41) is 6.69. The Morgan fingerprint density at radius 1 is 1.11 bits per heavy atom. The van der Waals surface area contributed by atoms with Crippen LogP contribution in [0.1, 0.15) is 0 Å². The molecule has 3 heterocycles. The van der Waals surface area contributed by atoms with E-state index in [2.05, 4.69) is 44.0 Å². The molecule has 4 aromatic rings. The van der Waals surface area contributed by atoms with Gasteiger partial charge in [0.15, 0.2) is 0 Å². The molecule has 0 radical (unpaired) electrons. The Morgan fingerprint density at radius 3 is 2.72 bits per heavy atom. The van der Waals surface area contributed by atoms with Gasteiger partial charge in [0.05, 0.1) is 16.6 Å². The van der Waals surface area contributed by atoms with Gasteiger partial charge in [-0.15, -0.1) is 0 Å². The maximum Gasteiger partial charge on any atom is 0.247 e. The lowest BCUT2D eigenvalue weighted by molar-refractivity contribution is -0.111. The highest BCUT2D eigenvalue weighted by Crippen LogP contribution is 2.32. The number of anilines is 4. The second-order valence-corrected chi connectivity index (χ2v) is 8.66. The van der Waals surface area contributed by atoms with Crippen LogP contribution in [0.4, 0.5) is 27.3 Å². The normalized spacial score (nSPS) is 14.0. The summed E-state index contributed by atoms with van der Waals surface area (Å²) in [6, 6.07) is 15.9. The molecule has 0 saturated carbocycles. The number of piperazine rings is 1. The van der Waals surface area contributed by atoms with Gasteiger partial charge in [0.1, 0.15) is 17.4 Å². The fourth-order valence-corrected chi connectivity index (χ4v) is 4.15. The highest BCUT2D eigenvalue weighted by atomic mass is 19.1. The number of pyridine rings is 1. The third kappa shape index (κ3) is 5.16. The molecule has 36 heavy (non-hydrogen) atoms. The van der Waals surface area contributed by atoms with Gasteiger partial charge in [-0.25, -0.2) is 4.39 Å². The molecule has 0 spiro atoms. The highest BCUT2D eigenvalue weighted by Gasteiger charge is 2.18. The molecule has 1 fully saturated rings. The zero-order valence-electron chi connectivity index (χ0n) is 19.9. The number of fused-ring (bicyclic) bond motifs is 1. The molecule has 3 N–H and O–H groups in total. The molecule has 2 aromatic carbocycles. The summed E-state index contributed by atoms with van der Waals surface area (Å²) in [5.41, 5.74) is 2.58. The van der Waals surface area contributed by atoms with Crippen LogP contribution in [0.3, 0.4) is 0 Å². The number of benzene rings is 2. The molecule has 1 amide bonds. The second kappa shape index (κ2) is 10.1. The molecule has 9 heteroatoms. The van der Waals surface area contributed by atoms with E-state index < -0.39 is 0 Å². The molecular formula is C27H27FN6O2. The molecule has 184 valence electrons. The van der Waals surface area contributed by atoms with Gasteiger partial charge in [-0.05, 0) is 49.5 Å². The third-order valence-corrected chi connectivity index (χ3v) is 6.08. The van der Waals surface area contributed by atoms with Crippen molar-refractivity contribution < 1.29 is 13.9 Å². The smallest absolute Gasteiger partial charge is 0.247 e. The summed E-state index contributed by atoms with van der Waals surface area (Å²) in [6.45, 7) is 6.87. The van der Waals surface area contributed by atoms with Crippen molar-refractivity contribution in [1.29, 1.82) is 0 Å². The van der Waals surface area contributed by atoms with Gasteiger partial charge in [-0.3, -0.25) is 4.79 Å². The molecule has 1 saturated heterocycles. The van der Waals surface area contributed by atoms with E-state index in [1.807, 2.05) is 18.2 Å². The van der Waals surface area contributed by atoms with Crippen molar-refractivity contribution in [2.24, 2.45) is 0 Å². The monoisotopic (exact) mass is 486 g/mol. The van der Waals surface area contributed by atoms with E-state index in [1.54, 1.807) is 36.5 Å². The minimum Gasteiger partial charge on any atom is -0.438 e. The number of carbonyl (C=O) groups excluding carboxylic acids is 1. The Balaban J connectivity index is 1.37. The summed E-state index contributed by atoms with van der Waals surface area (Å²) >= 11 is 0. The van der Waals surface area contributed by atoms with Crippen LogP contribution in [0.2, 0.25) is 0 Å². The zero-order chi connectivity index (χ0) is 25.1. The maximum atomic E-state index is 15.0. The lowest BCUT2D eigenvalue weighted by Crippen LogP contribution is -2.44. The fourth-order valence-electron chi connectivity index (χ4n) is 4.15. The summed E-state index contributed by atoms with van der Waals surface area (Å²) in [5.74, 6) is 0.795. The van der Waals surface area contributed by atoms with Crippen molar-refractivity contribution in [2.75, 3.05) is 48.8 Å². The Hall–Kier alpha value is -4.37. The van der Waals surface area contributed by atoms with Crippen LogP contribution in [0.25, 0.3) is 10.9 Å². The van der Waals surface area contributed by atoms with Crippen LogP contribution < -0.4 is 20.3 Å². The van der Waals surface area contributed by atoms with Crippen LogP contribution in [0.15, 0.2) is 73.4 Å². The SMILES string of the molecule is C=CC(=O)Nc1cccc(Oc2nc(Nc3ccc(N4CCN(C)CC4)c(F)c3)cc3[nH]ccc23)c1. The van der Waals surface area contributed by atoms with Gasteiger partial charge in [0.25, 0.3) is 0 Å². The van der Waals surface area contributed by atoms with Crippen LogP contribution in [-0.4, -0.2) is 54.0 Å². The third-order valence-electron chi connectivity index (χ3n) is 6.08. The maximum absolute atomic E-state index is 15.0. The number of likely N-dealkylation sites (N-methyl/N-ethyl adjacent to an activating group) is 1. The predicted octanol–water partition coefficient (Wildman–Crippen LogP) is 5.11. The lowest BCUT2D eigenvalue weighted by Gasteiger charge is -2.34. The molecule has 0 atom stereocenters. The first-order valence-corrected chi connectivity index (χ1v) is 11.7. The Bertz CT molecular complexity index is 1410. The van der Waals surface area contributed by atoms with Gasteiger partial charge in [-0.1, -0.05) is 12.6 Å². The fraction of sp³-hybridized carbons (Fsp3) is 0.185. The highest BCUT2D eigenvalue weighted by molar-refractivity contribution is 5.99. The number of nitrogens with one attached hydrogen (secondary N) is 3. The van der Waals surface area contributed by atoms with Crippen molar-refractivity contribution in [3.63, 3.8) is 0 Å². The van der Waals surface area contributed by atoms with E-state index in [0.29, 0.717) is 34.5 Å². The molecular weight excluding hydrogens is 459 g/mol. The lowest BCUT2D eigenvalue weighted by atomic mass is 10.2. The van der Waals surface area contributed by atoms with E-state index in [-0.39, 0.29) is 11.7 Å². The van der Waals surface area contributed by atoms with Gasteiger partial charge in [0.2, 0.25) is 11.8 Å². The van der Waals surface area contributed by atoms with Crippen molar-refractivity contribution in [1.82, 2.24) is 14.9 Å². The molecule has 0 unspecified atom stereocenters. The number of carbonyl (C=O) groups is 1. The summed E-state index contributed by atoms with van der Waals surface area (Å²) < 4.78 is 21.1. The molecule has 1 aliphatic rings. The number of H-pyrrole nitrogens is 1. The molecule has 1 aliphatic heterocycles. The van der Waals surface area contributed by atoms with Gasteiger partial charge in [0, 0.05) is 55.9 Å². The van der Waals surface area contributed by atoms with Crippen LogP contribution in [0, 0.1) is 5.82 Å². The number of aromatic amines is 1. The van der Waals surface area contributed by atoms with E-state index in [4.69, 9.17) is 4.74 Å². The summed E-state index contributed by atoms with van der Waals surface area (Å²) in [7, 11) is 2.07. The van der Waals surface area contributed by atoms with Crippen molar-refractivity contribution >= 4 is 39.7 Å². The number of ether oxygens (including phenoxy) is 1. The molecule has 8 nitrogen and oxygen atoms in total. The first-order chi connectivity index (χ1) is 17.5. The van der Waals surface area contributed by atoms with Crippen LogP contribution in [0.5, 0.6) is 11.6 Å². The Labute approximate surface area is 208 Å². The van der Waals surface area contributed by atoms with Gasteiger partial charge < -0.3 is 30.2 Å². The van der Waals surface area contributed by atoms with Gasteiger partial charge in [-0.2, -0.15) is 4.98 Å². The Morgan fingerprint density at radius 2 is 1.94 bits per heavy atom. The van der Waals surface area contributed by atoms with Crippen molar-refractivity contribution in [3.8, 4) is 11.6 Å². The first kappa shape index (κ1) is 23.4. The topological polar surface area (TPSA) is 85.5 Å². The number of hydrogen-bond acceptors (Lipinski definition) is 6. The molecule has 5 rings (SSSR count). The first-order valence-electron chi connectivity index (χ1n) is 11.7. The average Bonchev–Trinajstić information content (AvgIpc) is 3.34. The standard InChI is InChI=1S/C27H27FN6O2/c1-3-26(35)31-18-5-4-6-20(15-18)36-27-21-9-10-29-23(21)17-25(32-27)30-19-7-8-24(22(28)16-19)34-13-11-33(2)12-14-34/h3-10,15-17,29H,1,11-14H2,2H3,(H,30,32)(H,31,35). The largest absolute Gasteiger partial charge is 0.438 e. The van der Waals surface area contributed by atoms with Crippen molar-refractivity contribution in [3.05, 3.63) is 79.3 Å². The minimum atomic E-state index is -0.310. The average molecular weight is 487 g/mol. The number of hydrogen-bond donors (Lipinski definition) is 3. The van der Waals surface area contributed by atoms with E-state index in [0.717, 1.165) is 37.1 Å². The minimum absolute atomic E-state index is 0.277. The summed E-state index contributed by atoms with van der Waals surface area (Å²) in [6.07, 6.45) is 3.00. The predicted molar refractivity (Wildman–Crippen MR) is 141 cm³/mol. The number of rotatable bonds is 7. The number of aromatic nitrogens is 2. The number of amides is 1. The number of halogens is 1. The van der Waals surface area contributed by atoms with E-state index in [1.165, 1.54) is 12.1 Å². The van der Waals surface area contributed by atoms with Crippen LogP contribution >= 0.6 is 0 Å². The summed E-state index contributed by atoms with van der Waals surface area (Å²) in [4.78, 5) is 23.7. The van der Waals surface area contributed by atoms with E-state index >= 15 is 0 Å². The zero-order valence-corrected chi connectivity index (χ0v) is 19.9. The molecule has 0 bridgehead atoms. The van der Waals surface area contributed by atoms with E-state index in [9.17, 15) is 9.18 Å². The Kier molecular flexibility index (Phi) is 6.55.